The third kappa shape index (κ3) is 5.77. The smallest absolute Gasteiger partial charge is 0.333 e. The Morgan fingerprint density at radius 3 is 1.77 bits per heavy atom. The maximum atomic E-state index is 2.74. The lowest BCUT2D eigenvalue weighted by Crippen LogP contribution is -2.60. The van der Waals surface area contributed by atoms with Gasteiger partial charge in [0, 0.05) is 59.0 Å². The molecule has 0 radical (unpaired) electrons. The number of aromatic nitrogens is 1. The van der Waals surface area contributed by atoms with Gasteiger partial charge in [-0.2, -0.15) is 0 Å². The number of benzene rings is 8. The second-order valence-corrected chi connectivity index (χ2v) is 27.4. The van der Waals surface area contributed by atoms with E-state index in [4.69, 9.17) is 0 Å². The largest absolute Gasteiger partial charge is 0.376 e. The first kappa shape index (κ1) is 44.2. The maximum Gasteiger partial charge on any atom is 0.333 e. The van der Waals surface area contributed by atoms with Gasteiger partial charge < -0.3 is 9.38 Å². The number of anilines is 2. The third-order valence-corrected chi connectivity index (χ3v) is 20.7. The highest BCUT2D eigenvalue weighted by Gasteiger charge is 2.47. The monoisotopic (exact) mass is 964 g/mol. The lowest BCUT2D eigenvalue weighted by Gasteiger charge is -2.42. The fourth-order valence-corrected chi connectivity index (χ4v) is 16.2. The van der Waals surface area contributed by atoms with E-state index >= 15 is 0 Å². The van der Waals surface area contributed by atoms with E-state index < -0.39 is 0 Å². The Kier molecular flexibility index (Phi) is 8.51. The van der Waals surface area contributed by atoms with E-state index in [-0.39, 0.29) is 33.9 Å². The number of hydrogen-bond donors (Lipinski definition) is 0. The summed E-state index contributed by atoms with van der Waals surface area (Å²) in [6.07, 6.45) is 4.77. The molecule has 0 saturated heterocycles. The van der Waals surface area contributed by atoms with Gasteiger partial charge in [0.05, 0.1) is 11.0 Å². The summed E-state index contributed by atoms with van der Waals surface area (Å²) < 4.78 is 5.49. The van der Waals surface area contributed by atoms with Crippen molar-refractivity contribution in [2.45, 2.75) is 136 Å². The number of thiophene rings is 1. The minimum Gasteiger partial charge on any atom is -0.376 e. The first-order valence-corrected chi connectivity index (χ1v) is 28.0. The fourth-order valence-electron chi connectivity index (χ4n) is 15.1. The lowest BCUT2D eigenvalue weighted by atomic mass is 9.43. The van der Waals surface area contributed by atoms with Gasteiger partial charge in [0.1, 0.15) is 0 Å². The quantitative estimate of drug-likeness (QED) is 0.157. The Morgan fingerprint density at radius 1 is 0.452 bits per heavy atom. The molecule has 4 heteroatoms. The van der Waals surface area contributed by atoms with Gasteiger partial charge in [-0.25, -0.2) is 0 Å². The number of fused-ring (bicyclic) bond motifs is 16. The number of nitrogens with zero attached hydrogens (tertiary/aromatic N) is 2. The highest BCUT2D eigenvalue weighted by Crippen LogP contribution is 2.56. The minimum atomic E-state index is -0.124. The van der Waals surface area contributed by atoms with Crippen LogP contribution in [0.3, 0.4) is 0 Å². The van der Waals surface area contributed by atoms with Crippen molar-refractivity contribution in [3.8, 4) is 39.1 Å². The molecular weight excluding hydrogens is 900 g/mol. The number of aryl methyl sites for hydroxylation is 2. The predicted octanol–water partition coefficient (Wildman–Crippen LogP) is 17.7. The van der Waals surface area contributed by atoms with Crippen LogP contribution in [0.4, 0.5) is 11.4 Å². The van der Waals surface area contributed by atoms with Crippen LogP contribution < -0.4 is 15.7 Å². The van der Waals surface area contributed by atoms with Crippen LogP contribution in [0.15, 0.2) is 127 Å². The Labute approximate surface area is 436 Å². The van der Waals surface area contributed by atoms with Gasteiger partial charge in [0.25, 0.3) is 0 Å². The molecule has 0 N–H and O–H groups in total. The van der Waals surface area contributed by atoms with Gasteiger partial charge in [-0.15, -0.1) is 11.3 Å². The van der Waals surface area contributed by atoms with E-state index in [2.05, 4.69) is 220 Å². The van der Waals surface area contributed by atoms with Crippen molar-refractivity contribution in [3.05, 3.63) is 172 Å². The van der Waals surface area contributed by atoms with E-state index in [0.29, 0.717) is 0 Å². The average molecular weight is 965 g/mol. The minimum absolute atomic E-state index is 0.0508. The fraction of sp³-hybridized carbons (Fsp3) is 0.304. The van der Waals surface area contributed by atoms with Crippen molar-refractivity contribution < 1.29 is 0 Å². The second kappa shape index (κ2) is 14.1. The topological polar surface area (TPSA) is 8.17 Å². The first-order chi connectivity index (χ1) is 34.7. The SMILES string of the molecule is Cc1ccc(N2B3c4cc(C)ccc4-n4c5cc6c(cc5c5c(-c7ccc8c(c7)C(C)(C)c7ccccc7-8)cc(c3c54)-c3cc4c(cc32)sc2cc3c(cc24)C(C)(C)CCC3(C)C)C(C)(C)CCC6(C)C)cc1. The molecule has 2 aromatic heterocycles. The molecule has 0 amide bonds. The molecule has 360 valence electrons. The molecule has 0 spiro atoms. The van der Waals surface area contributed by atoms with Crippen molar-refractivity contribution in [1.29, 1.82) is 0 Å². The van der Waals surface area contributed by atoms with Crippen LogP contribution in [0.25, 0.3) is 81.0 Å². The lowest BCUT2D eigenvalue weighted by molar-refractivity contribution is 0.332. The van der Waals surface area contributed by atoms with Gasteiger partial charge >= 0.3 is 6.85 Å². The molecule has 4 heterocycles. The summed E-state index contributed by atoms with van der Waals surface area (Å²) in [5.41, 5.74) is 29.1. The van der Waals surface area contributed by atoms with E-state index in [1.165, 1.54) is 174 Å². The number of rotatable bonds is 2. The molecule has 15 rings (SSSR count). The molecule has 0 unspecified atom stereocenters. The highest BCUT2D eigenvalue weighted by molar-refractivity contribution is 7.26. The molecule has 0 bridgehead atoms. The molecule has 3 aliphatic carbocycles. The van der Waals surface area contributed by atoms with Crippen molar-refractivity contribution in [2.75, 3.05) is 4.81 Å². The Morgan fingerprint density at radius 2 is 1.05 bits per heavy atom. The Bertz CT molecular complexity index is 4150. The van der Waals surface area contributed by atoms with Crippen LogP contribution in [0.5, 0.6) is 0 Å². The van der Waals surface area contributed by atoms with Crippen LogP contribution in [-0.2, 0) is 27.1 Å². The first-order valence-electron chi connectivity index (χ1n) is 27.2. The highest BCUT2D eigenvalue weighted by atomic mass is 32.1. The zero-order chi connectivity index (χ0) is 50.2. The molecule has 0 atom stereocenters. The third-order valence-electron chi connectivity index (χ3n) is 19.6. The molecule has 0 saturated carbocycles. The van der Waals surface area contributed by atoms with Gasteiger partial charge in [-0.1, -0.05) is 141 Å². The number of hydrogen-bond acceptors (Lipinski definition) is 2. The van der Waals surface area contributed by atoms with Gasteiger partial charge in [0.2, 0.25) is 0 Å². The van der Waals surface area contributed by atoms with Gasteiger partial charge in [-0.05, 0) is 200 Å². The zero-order valence-electron chi connectivity index (χ0n) is 44.8. The van der Waals surface area contributed by atoms with Crippen LogP contribution in [0.2, 0.25) is 0 Å². The Balaban J connectivity index is 1.12. The second-order valence-electron chi connectivity index (χ2n) is 26.4. The van der Waals surface area contributed by atoms with Crippen LogP contribution in [0, 0.1) is 13.8 Å². The van der Waals surface area contributed by atoms with Crippen LogP contribution in [0.1, 0.15) is 139 Å². The normalized spacial score (nSPS) is 18.7. The summed E-state index contributed by atoms with van der Waals surface area (Å²) >= 11 is 1.99. The Hall–Kier alpha value is -6.36. The molecule has 10 aromatic rings. The van der Waals surface area contributed by atoms with E-state index in [9.17, 15) is 0 Å². The van der Waals surface area contributed by atoms with Gasteiger partial charge in [-0.3, -0.25) is 0 Å². The molecule has 73 heavy (non-hydrogen) atoms. The van der Waals surface area contributed by atoms with Crippen molar-refractivity contribution >= 4 is 82.5 Å². The summed E-state index contributed by atoms with van der Waals surface area (Å²) in [5.74, 6) is 0. The molecule has 8 aromatic carbocycles. The van der Waals surface area contributed by atoms with Crippen molar-refractivity contribution in [1.82, 2.24) is 4.57 Å². The molecule has 0 fully saturated rings. The summed E-state index contributed by atoms with van der Waals surface area (Å²) in [5, 5.41) is 5.53. The van der Waals surface area contributed by atoms with E-state index in [1.807, 2.05) is 11.3 Å². The van der Waals surface area contributed by atoms with E-state index in [0.717, 1.165) is 0 Å². The summed E-state index contributed by atoms with van der Waals surface area (Å²) in [6.45, 7) is 29.1. The molecular formula is C69H65BN2S. The summed E-state index contributed by atoms with van der Waals surface area (Å²) in [4.78, 5) is 2.74. The van der Waals surface area contributed by atoms with Crippen molar-refractivity contribution in [3.63, 3.8) is 0 Å². The molecule has 2 nitrogen and oxygen atoms in total. The van der Waals surface area contributed by atoms with Crippen LogP contribution in [-0.4, -0.2) is 11.4 Å². The average Bonchev–Trinajstić information content (AvgIpc) is 3.97. The van der Waals surface area contributed by atoms with Crippen LogP contribution >= 0.6 is 11.3 Å². The molecule has 2 aliphatic heterocycles. The zero-order valence-corrected chi connectivity index (χ0v) is 45.6. The van der Waals surface area contributed by atoms with E-state index in [1.54, 1.807) is 0 Å². The maximum absolute atomic E-state index is 2.74. The summed E-state index contributed by atoms with van der Waals surface area (Å²) in [7, 11) is 0. The summed E-state index contributed by atoms with van der Waals surface area (Å²) in [6, 6.07) is 51.7. The molecule has 5 aliphatic rings. The van der Waals surface area contributed by atoms with Gasteiger partial charge in [0.15, 0.2) is 0 Å². The van der Waals surface area contributed by atoms with Crippen molar-refractivity contribution in [2.24, 2.45) is 0 Å². The predicted molar refractivity (Wildman–Crippen MR) is 316 cm³/mol. The standard InChI is InChI=1S/C69H65BN2S/c1-38-17-21-41(22-18-38)72-59-37-61-46(47-33-52-55(36-60(47)73-61)68(9,10)28-26-65(52,3)4)32-45(59)48-31-44(40-20-23-43-42-15-13-14-16-50(42)69(11,12)51(43)30-40)62-49-34-53-54(67(7,8)27-25-66(53,5)6)35-58(49)71-57-24-19-39(2)29-56(57)70(72)63(48)64(62)71/h13-24,29-37H,25-28H2,1-12H3.